The predicted molar refractivity (Wildman–Crippen MR) is 110 cm³/mol. The van der Waals surface area contributed by atoms with Crippen LogP contribution in [0.15, 0.2) is 72.3 Å². The second kappa shape index (κ2) is 8.85. The Bertz CT molecular complexity index is 1120. The zero-order valence-electron chi connectivity index (χ0n) is 15.9. The van der Waals surface area contributed by atoms with Crippen molar-refractivity contribution in [2.24, 2.45) is 5.73 Å². The number of hydrogen-bond donors (Lipinski definition) is 1. The summed E-state index contributed by atoms with van der Waals surface area (Å²) < 4.78 is 20.1. The first kappa shape index (κ1) is 19.8. The maximum atomic E-state index is 14.4. The molecule has 5 heteroatoms. The molecule has 0 unspecified atom stereocenters. The van der Waals surface area contributed by atoms with Crippen LogP contribution in [0, 0.1) is 24.1 Å². The molecule has 2 N–H and O–H groups in total. The van der Waals surface area contributed by atoms with E-state index in [1.54, 1.807) is 12.1 Å². The number of nitriles is 1. The molecule has 3 aromatic carbocycles. The molecular formula is C24H19FN2O2. The maximum absolute atomic E-state index is 14.4. The molecule has 0 spiro atoms. The van der Waals surface area contributed by atoms with Crippen molar-refractivity contribution in [1.82, 2.24) is 0 Å². The van der Waals surface area contributed by atoms with E-state index >= 15 is 0 Å². The van der Waals surface area contributed by atoms with E-state index in [1.807, 2.05) is 55.5 Å². The van der Waals surface area contributed by atoms with Crippen molar-refractivity contribution in [3.63, 3.8) is 0 Å². The molecular weight excluding hydrogens is 367 g/mol. The fourth-order valence-electron chi connectivity index (χ4n) is 2.97. The minimum absolute atomic E-state index is 0.0873. The number of halogens is 1. The Hall–Kier alpha value is -3.91. The molecule has 3 rings (SSSR count). The first-order valence-electron chi connectivity index (χ1n) is 8.97. The van der Waals surface area contributed by atoms with Crippen molar-refractivity contribution in [3.8, 4) is 22.9 Å². The van der Waals surface area contributed by atoms with Gasteiger partial charge in [-0.3, -0.25) is 4.79 Å². The summed E-state index contributed by atoms with van der Waals surface area (Å²) in [5.74, 6) is -1.36. The average Bonchev–Trinajstić information content (AvgIpc) is 2.72. The van der Waals surface area contributed by atoms with Gasteiger partial charge in [-0.15, -0.1) is 0 Å². The molecule has 0 aliphatic carbocycles. The highest BCUT2D eigenvalue weighted by Crippen LogP contribution is 2.27. The Morgan fingerprint density at radius 1 is 1.14 bits per heavy atom. The Morgan fingerprint density at radius 2 is 1.90 bits per heavy atom. The Labute approximate surface area is 168 Å². The highest BCUT2D eigenvalue weighted by molar-refractivity contribution is 6.00. The standard InChI is InChI=1S/C24H19FN2O2/c1-16-19(8-5-9-21(16)18-6-3-2-4-7-18)15-29-23-11-10-17(13-22(23)25)12-20(14-26)24(27)28/h2-13H,15H2,1H3,(H2,27,28). The number of primary amides is 1. The number of amides is 1. The molecule has 0 radical (unpaired) electrons. The van der Waals surface area contributed by atoms with Crippen LogP contribution in [-0.2, 0) is 11.4 Å². The quantitative estimate of drug-likeness (QED) is 0.490. The predicted octanol–water partition coefficient (Wildman–Crippen LogP) is 4.77. The number of hydrogen-bond acceptors (Lipinski definition) is 3. The summed E-state index contributed by atoms with van der Waals surface area (Å²) in [5, 5.41) is 8.89. The number of benzene rings is 3. The van der Waals surface area contributed by atoms with Crippen LogP contribution in [0.4, 0.5) is 4.39 Å². The lowest BCUT2D eigenvalue weighted by molar-refractivity contribution is -0.114. The summed E-state index contributed by atoms with van der Waals surface area (Å²) in [5.41, 5.74) is 9.44. The largest absolute Gasteiger partial charge is 0.486 e. The zero-order chi connectivity index (χ0) is 20.8. The van der Waals surface area contributed by atoms with E-state index in [-0.39, 0.29) is 17.9 Å². The van der Waals surface area contributed by atoms with E-state index in [0.29, 0.717) is 5.56 Å². The molecule has 4 nitrogen and oxygen atoms in total. The second-order valence-corrected chi connectivity index (χ2v) is 6.47. The van der Waals surface area contributed by atoms with E-state index < -0.39 is 11.7 Å². The van der Waals surface area contributed by atoms with E-state index in [9.17, 15) is 9.18 Å². The second-order valence-electron chi connectivity index (χ2n) is 6.47. The van der Waals surface area contributed by atoms with Gasteiger partial charge in [-0.1, -0.05) is 54.6 Å². The Morgan fingerprint density at radius 3 is 2.55 bits per heavy atom. The Kier molecular flexibility index (Phi) is 6.06. The summed E-state index contributed by atoms with van der Waals surface area (Å²) >= 11 is 0. The fraction of sp³-hybridized carbons (Fsp3) is 0.0833. The van der Waals surface area contributed by atoms with Gasteiger partial charge in [0.2, 0.25) is 0 Å². The van der Waals surface area contributed by atoms with Gasteiger partial charge < -0.3 is 10.5 Å². The normalized spacial score (nSPS) is 11.0. The van der Waals surface area contributed by atoms with Crippen molar-refractivity contribution >= 4 is 12.0 Å². The lowest BCUT2D eigenvalue weighted by Crippen LogP contribution is -2.12. The molecule has 0 aliphatic heterocycles. The number of carbonyl (C=O) groups excluding carboxylic acids is 1. The van der Waals surface area contributed by atoms with Crippen LogP contribution in [0.5, 0.6) is 5.75 Å². The topological polar surface area (TPSA) is 76.1 Å². The SMILES string of the molecule is Cc1c(COc2ccc(C=C(C#N)C(N)=O)cc2F)cccc1-c1ccccc1. The third-order valence-electron chi connectivity index (χ3n) is 4.57. The molecule has 0 saturated heterocycles. The van der Waals surface area contributed by atoms with Crippen molar-refractivity contribution in [1.29, 1.82) is 5.26 Å². The summed E-state index contributed by atoms with van der Waals surface area (Å²) in [7, 11) is 0. The highest BCUT2D eigenvalue weighted by Gasteiger charge is 2.10. The molecule has 29 heavy (non-hydrogen) atoms. The Balaban J connectivity index is 1.79. The van der Waals surface area contributed by atoms with Gasteiger partial charge in [0.1, 0.15) is 18.2 Å². The highest BCUT2D eigenvalue weighted by atomic mass is 19.1. The van der Waals surface area contributed by atoms with Gasteiger partial charge in [-0.25, -0.2) is 4.39 Å². The van der Waals surface area contributed by atoms with E-state index in [4.69, 9.17) is 15.7 Å². The lowest BCUT2D eigenvalue weighted by Gasteiger charge is -2.13. The van der Waals surface area contributed by atoms with Gasteiger partial charge in [0.15, 0.2) is 11.6 Å². The van der Waals surface area contributed by atoms with Crippen molar-refractivity contribution in [3.05, 3.63) is 94.8 Å². The number of nitrogens with two attached hydrogens (primary N) is 1. The van der Waals surface area contributed by atoms with Crippen LogP contribution in [0.25, 0.3) is 17.2 Å². The molecule has 0 aromatic heterocycles. The molecule has 0 atom stereocenters. The van der Waals surface area contributed by atoms with E-state index in [2.05, 4.69) is 0 Å². The molecule has 0 fully saturated rings. The van der Waals surface area contributed by atoms with Gasteiger partial charge >= 0.3 is 0 Å². The lowest BCUT2D eigenvalue weighted by atomic mass is 9.97. The molecule has 0 heterocycles. The monoisotopic (exact) mass is 386 g/mol. The summed E-state index contributed by atoms with van der Waals surface area (Å²) in [4.78, 5) is 11.1. The van der Waals surface area contributed by atoms with E-state index in [0.717, 1.165) is 22.3 Å². The minimum atomic E-state index is -0.859. The van der Waals surface area contributed by atoms with Crippen LogP contribution in [-0.4, -0.2) is 5.91 Å². The summed E-state index contributed by atoms with van der Waals surface area (Å²) in [6.07, 6.45) is 1.24. The smallest absolute Gasteiger partial charge is 0.259 e. The number of rotatable bonds is 6. The first-order valence-corrected chi connectivity index (χ1v) is 8.97. The maximum Gasteiger partial charge on any atom is 0.259 e. The minimum Gasteiger partial charge on any atom is -0.486 e. The van der Waals surface area contributed by atoms with Gasteiger partial charge in [0.05, 0.1) is 0 Å². The third kappa shape index (κ3) is 4.69. The number of carbonyl (C=O) groups is 1. The van der Waals surface area contributed by atoms with Gasteiger partial charge in [-0.2, -0.15) is 5.26 Å². The van der Waals surface area contributed by atoms with Crippen molar-refractivity contribution in [2.75, 3.05) is 0 Å². The van der Waals surface area contributed by atoms with Crippen LogP contribution >= 0.6 is 0 Å². The van der Waals surface area contributed by atoms with Gasteiger partial charge in [-0.05, 0) is 52.9 Å². The van der Waals surface area contributed by atoms with Gasteiger partial charge in [0.25, 0.3) is 5.91 Å². The fourth-order valence-corrected chi connectivity index (χ4v) is 2.97. The van der Waals surface area contributed by atoms with Crippen LogP contribution in [0.3, 0.4) is 0 Å². The number of ether oxygens (including phenoxy) is 1. The van der Waals surface area contributed by atoms with E-state index in [1.165, 1.54) is 18.2 Å². The first-order chi connectivity index (χ1) is 14.0. The van der Waals surface area contributed by atoms with Crippen molar-refractivity contribution in [2.45, 2.75) is 13.5 Å². The molecule has 3 aromatic rings. The summed E-state index contributed by atoms with van der Waals surface area (Å²) in [6, 6.07) is 21.9. The van der Waals surface area contributed by atoms with Gasteiger partial charge in [0, 0.05) is 0 Å². The zero-order valence-corrected chi connectivity index (χ0v) is 15.9. The van der Waals surface area contributed by atoms with Crippen LogP contribution < -0.4 is 10.5 Å². The molecule has 0 bridgehead atoms. The molecule has 0 aliphatic rings. The molecule has 0 saturated carbocycles. The van der Waals surface area contributed by atoms with Crippen LogP contribution in [0.1, 0.15) is 16.7 Å². The van der Waals surface area contributed by atoms with Crippen LogP contribution in [0.2, 0.25) is 0 Å². The average molecular weight is 386 g/mol. The molecule has 144 valence electrons. The molecule has 1 amide bonds. The third-order valence-corrected chi connectivity index (χ3v) is 4.57. The number of nitrogens with zero attached hydrogens (tertiary/aromatic N) is 1. The summed E-state index contributed by atoms with van der Waals surface area (Å²) in [6.45, 7) is 2.22. The van der Waals surface area contributed by atoms with Crippen molar-refractivity contribution < 1.29 is 13.9 Å².